The largest absolute Gasteiger partial charge is 0.278 e. The molecular weight excluding hydrogens is 917 g/mol. The molecule has 0 radical (unpaired) electrons. The molecule has 0 aliphatic heterocycles. The maximum absolute atomic E-state index is 5.50. The first kappa shape index (κ1) is 44.3. The highest BCUT2D eigenvalue weighted by Gasteiger charge is 2.41. The zero-order valence-electron chi connectivity index (χ0n) is 40.2. The van der Waals surface area contributed by atoms with Crippen molar-refractivity contribution in [2.45, 2.75) is 0 Å². The summed E-state index contributed by atoms with van der Waals surface area (Å²) in [6, 6.07) is 98.5. The van der Waals surface area contributed by atoms with Crippen LogP contribution in [0.1, 0.15) is 0 Å². The molecule has 3 aromatic heterocycles. The lowest BCUT2D eigenvalue weighted by Gasteiger charge is -2.34. The first-order chi connectivity index (χ1) is 36.7. The Labute approximate surface area is 430 Å². The summed E-state index contributed by atoms with van der Waals surface area (Å²) in [4.78, 5) is 26.8. The van der Waals surface area contributed by atoms with E-state index in [-0.39, 0.29) is 0 Å². The minimum absolute atomic E-state index is 0.536. The van der Waals surface area contributed by atoms with Crippen LogP contribution in [0.15, 0.2) is 279 Å². The Morgan fingerprint density at radius 1 is 0.257 bits per heavy atom. The summed E-state index contributed by atoms with van der Waals surface area (Å²) in [5.74, 6) is 2.31. The van der Waals surface area contributed by atoms with Gasteiger partial charge in [0.2, 0.25) is 5.95 Å². The van der Waals surface area contributed by atoms with Crippen LogP contribution in [-0.4, -0.2) is 37.6 Å². The van der Waals surface area contributed by atoms with Crippen molar-refractivity contribution in [1.82, 2.24) is 29.5 Å². The highest BCUT2D eigenvalue weighted by molar-refractivity contribution is 7.19. The molecule has 0 saturated carbocycles. The topological polar surface area (TPSA) is 69.4 Å². The molecule has 0 saturated heterocycles. The molecule has 3 heterocycles. The van der Waals surface area contributed by atoms with E-state index in [1.54, 1.807) is 0 Å². The van der Waals surface area contributed by atoms with Gasteiger partial charge in [-0.3, -0.25) is 4.57 Å². The average molecular weight is 963 g/mol. The van der Waals surface area contributed by atoms with Crippen molar-refractivity contribution in [2.24, 2.45) is 0 Å². The minimum atomic E-state index is -2.90. The van der Waals surface area contributed by atoms with Crippen LogP contribution in [0.25, 0.3) is 95.6 Å². The highest BCUT2D eigenvalue weighted by atomic mass is 28.3. The van der Waals surface area contributed by atoms with Gasteiger partial charge in [-0.15, -0.1) is 0 Å². The van der Waals surface area contributed by atoms with E-state index in [0.717, 1.165) is 72.1 Å². The Kier molecular flexibility index (Phi) is 11.5. The zero-order valence-corrected chi connectivity index (χ0v) is 41.2. The summed E-state index contributed by atoms with van der Waals surface area (Å²) >= 11 is 0. The lowest BCUT2D eigenvalue weighted by molar-refractivity contribution is 0.954. The third-order valence-corrected chi connectivity index (χ3v) is 18.8. The third kappa shape index (κ3) is 7.98. The van der Waals surface area contributed by atoms with E-state index in [1.165, 1.54) is 20.7 Å². The monoisotopic (exact) mass is 962 g/mol. The Morgan fingerprint density at radius 3 is 1.20 bits per heavy atom. The van der Waals surface area contributed by atoms with E-state index in [4.69, 9.17) is 24.9 Å². The molecule has 0 aliphatic rings. The maximum Gasteiger partial charge on any atom is 0.238 e. The summed E-state index contributed by atoms with van der Waals surface area (Å²) in [6.45, 7) is 0. The van der Waals surface area contributed by atoms with E-state index in [0.29, 0.717) is 23.4 Å². The lowest BCUT2D eigenvalue weighted by atomic mass is 9.97. The van der Waals surface area contributed by atoms with Gasteiger partial charge in [0, 0.05) is 38.6 Å². The van der Waals surface area contributed by atoms with Crippen LogP contribution in [0, 0.1) is 0 Å². The molecule has 10 aromatic carbocycles. The lowest BCUT2D eigenvalue weighted by Crippen LogP contribution is -2.74. The summed E-state index contributed by atoms with van der Waals surface area (Å²) in [6.07, 6.45) is 0. The van der Waals surface area contributed by atoms with Gasteiger partial charge in [0.1, 0.15) is 0 Å². The van der Waals surface area contributed by atoms with Gasteiger partial charge in [0.05, 0.1) is 22.4 Å². The number of nitrogens with zero attached hydrogens (tertiary/aromatic N) is 6. The summed E-state index contributed by atoms with van der Waals surface area (Å²) in [5, 5.41) is 7.36. The van der Waals surface area contributed by atoms with Crippen LogP contribution < -0.4 is 20.7 Å². The van der Waals surface area contributed by atoms with Crippen molar-refractivity contribution in [3.8, 4) is 73.8 Å². The van der Waals surface area contributed by atoms with Gasteiger partial charge < -0.3 is 0 Å². The van der Waals surface area contributed by atoms with Crippen LogP contribution in [0.3, 0.4) is 0 Å². The van der Waals surface area contributed by atoms with Crippen LogP contribution in [0.2, 0.25) is 0 Å². The number of para-hydroxylation sites is 2. The normalized spacial score (nSPS) is 11.5. The van der Waals surface area contributed by atoms with Crippen LogP contribution >= 0.6 is 0 Å². The molecule has 0 N–H and O–H groups in total. The van der Waals surface area contributed by atoms with Gasteiger partial charge >= 0.3 is 0 Å². The van der Waals surface area contributed by atoms with Gasteiger partial charge in [0.25, 0.3) is 0 Å². The fourth-order valence-electron chi connectivity index (χ4n) is 10.7. The predicted octanol–water partition coefficient (Wildman–Crippen LogP) is 13.1. The van der Waals surface area contributed by atoms with Gasteiger partial charge in [-0.25, -0.2) is 15.0 Å². The van der Waals surface area contributed by atoms with Crippen molar-refractivity contribution in [3.63, 3.8) is 0 Å². The molecule has 0 bridgehead atoms. The van der Waals surface area contributed by atoms with E-state index < -0.39 is 8.07 Å². The standard InChI is InChI=1S/C67H46N6Si/c1-6-24-47(25-7-1)60-46-61(48-26-8-2-9-27-48)69-64(68-60)50-29-22-28-49(44-50)56-38-16-17-41-59(56)66-70-65(71-67(72-66)73-62-42-20-18-39-57(62)58-40-19-21-43-63(58)73)51-30-23-37-55(45-51)74(52-31-10-3-11-32-52,53-33-12-4-13-34-53)54-35-14-5-15-36-54/h1-46H. The highest BCUT2D eigenvalue weighted by Crippen LogP contribution is 2.36. The predicted molar refractivity (Wildman–Crippen MR) is 306 cm³/mol. The Bertz CT molecular complexity index is 3920. The number of rotatable bonds is 11. The zero-order chi connectivity index (χ0) is 49.3. The summed E-state index contributed by atoms with van der Waals surface area (Å²) in [5.41, 5.74) is 10.4. The molecule has 0 aliphatic carbocycles. The number of benzene rings is 10. The van der Waals surface area contributed by atoms with Crippen LogP contribution in [0.5, 0.6) is 0 Å². The first-order valence-electron chi connectivity index (χ1n) is 24.9. The average Bonchev–Trinajstić information content (AvgIpc) is 3.83. The second-order valence-electron chi connectivity index (χ2n) is 18.4. The quantitative estimate of drug-likeness (QED) is 0.0954. The molecule has 6 nitrogen and oxygen atoms in total. The van der Waals surface area contributed by atoms with Gasteiger partial charge in [-0.05, 0) is 56.1 Å². The van der Waals surface area contributed by atoms with Gasteiger partial charge in [0.15, 0.2) is 25.5 Å². The van der Waals surface area contributed by atoms with Crippen molar-refractivity contribution < 1.29 is 0 Å². The summed E-state index contributed by atoms with van der Waals surface area (Å²) < 4.78 is 2.19. The number of hydrogen-bond donors (Lipinski definition) is 0. The molecule has 74 heavy (non-hydrogen) atoms. The number of fused-ring (bicyclic) bond motifs is 3. The molecular formula is C67H46N6Si. The van der Waals surface area contributed by atoms with E-state index in [1.807, 2.05) is 36.4 Å². The van der Waals surface area contributed by atoms with Crippen molar-refractivity contribution in [2.75, 3.05) is 0 Å². The Balaban J connectivity index is 1.02. The molecule has 0 unspecified atom stereocenters. The van der Waals surface area contributed by atoms with Gasteiger partial charge in [-0.2, -0.15) is 9.97 Å². The van der Waals surface area contributed by atoms with Crippen molar-refractivity contribution in [3.05, 3.63) is 279 Å². The molecule has 0 atom stereocenters. The SMILES string of the molecule is c1ccc(-c2cc(-c3ccccc3)nc(-c3cccc(-c4ccccc4-c4nc(-c5cccc([Si](c6ccccc6)(c6ccccc6)c6ccccc6)c5)nc(-n5c6ccccc6c6ccccc65)n4)c3)n2)cc1. The number of hydrogen-bond acceptors (Lipinski definition) is 5. The Hall–Kier alpha value is -9.69. The third-order valence-electron chi connectivity index (χ3n) is 14.0. The molecule has 0 spiro atoms. The van der Waals surface area contributed by atoms with Crippen molar-refractivity contribution in [1.29, 1.82) is 0 Å². The number of aromatic nitrogens is 6. The second kappa shape index (κ2) is 19.1. The van der Waals surface area contributed by atoms with E-state index in [2.05, 4.69) is 247 Å². The molecule has 348 valence electrons. The van der Waals surface area contributed by atoms with E-state index in [9.17, 15) is 0 Å². The summed E-state index contributed by atoms with van der Waals surface area (Å²) in [7, 11) is -2.90. The van der Waals surface area contributed by atoms with Crippen molar-refractivity contribution >= 4 is 50.6 Å². The fourth-order valence-corrected chi connectivity index (χ4v) is 15.4. The van der Waals surface area contributed by atoms with E-state index >= 15 is 0 Å². The second-order valence-corrected chi connectivity index (χ2v) is 22.2. The Morgan fingerprint density at radius 2 is 0.649 bits per heavy atom. The molecule has 13 rings (SSSR count). The molecule has 7 heteroatoms. The maximum atomic E-state index is 5.50. The fraction of sp³-hybridized carbons (Fsp3) is 0. The van der Waals surface area contributed by atoms with Crippen LogP contribution in [-0.2, 0) is 0 Å². The molecule has 0 fully saturated rings. The first-order valence-corrected chi connectivity index (χ1v) is 26.9. The molecule has 0 amide bonds. The molecule has 13 aromatic rings. The van der Waals surface area contributed by atoms with Crippen LogP contribution in [0.4, 0.5) is 0 Å². The minimum Gasteiger partial charge on any atom is -0.278 e. The van der Waals surface area contributed by atoms with Gasteiger partial charge in [-0.1, -0.05) is 255 Å². The smallest absolute Gasteiger partial charge is 0.238 e.